The van der Waals surface area contributed by atoms with Crippen LogP contribution in [0.4, 0.5) is 0 Å². The third-order valence-corrected chi connectivity index (χ3v) is 11.4. The number of Topliss-reactive ketones (excluding diaryl/α,β-unsaturated/α-hetero) is 2. The standard InChI is InChI=1S/C40H40N4O8/c1-43-18-30(25-8-10-41-17-29(25)39(43)49)23-12-32(50-2)31(33(13-23)51-3)19-44-20-40(21-44)15-22(16-40)9-11-52-24-4-5-26-28(14-24)37(47)35(36(26)46)27-6-7-34(45)42-38(27)48/h4-5,8,10,12-14,17-18,22,27,35H,6-7,9,11,15-16,19-21H2,1-3H3,(H,42,45,48). The molecular weight excluding hydrogens is 664 g/mol. The summed E-state index contributed by atoms with van der Waals surface area (Å²) >= 11 is 0. The molecule has 2 aromatic heterocycles. The Balaban J connectivity index is 0.856. The monoisotopic (exact) mass is 704 g/mol. The van der Waals surface area contributed by atoms with Crippen molar-refractivity contribution in [3.8, 4) is 28.4 Å². The van der Waals surface area contributed by atoms with Crippen LogP contribution in [0.1, 0.15) is 58.4 Å². The average Bonchev–Trinajstić information content (AvgIpc) is 3.35. The molecule has 4 aromatic rings. The predicted octanol–water partition coefficient (Wildman–Crippen LogP) is 4.35. The van der Waals surface area contributed by atoms with E-state index in [4.69, 9.17) is 14.2 Å². The quantitative estimate of drug-likeness (QED) is 0.187. The van der Waals surface area contributed by atoms with Crippen molar-refractivity contribution in [1.82, 2.24) is 19.8 Å². The Hall–Kier alpha value is -5.36. The molecule has 1 spiro atoms. The second kappa shape index (κ2) is 13.0. The van der Waals surface area contributed by atoms with Gasteiger partial charge in [0.2, 0.25) is 11.8 Å². The van der Waals surface area contributed by atoms with Crippen LogP contribution >= 0.6 is 0 Å². The lowest BCUT2D eigenvalue weighted by Gasteiger charge is -2.59. The minimum Gasteiger partial charge on any atom is -0.496 e. The van der Waals surface area contributed by atoms with Crippen LogP contribution in [0.5, 0.6) is 17.2 Å². The van der Waals surface area contributed by atoms with Gasteiger partial charge in [-0.15, -0.1) is 0 Å². The molecule has 2 atom stereocenters. The van der Waals surface area contributed by atoms with E-state index in [0.717, 1.165) is 65.9 Å². The Morgan fingerprint density at radius 3 is 2.35 bits per heavy atom. The summed E-state index contributed by atoms with van der Waals surface area (Å²) in [4.78, 5) is 69.5. The van der Waals surface area contributed by atoms with E-state index in [2.05, 4.69) is 15.2 Å². The topological polar surface area (TPSA) is 146 Å². The summed E-state index contributed by atoms with van der Waals surface area (Å²) in [6.45, 7) is 3.19. The molecule has 2 aliphatic carbocycles. The second-order valence-electron chi connectivity index (χ2n) is 14.8. The van der Waals surface area contributed by atoms with Crippen molar-refractivity contribution in [2.45, 2.75) is 38.6 Å². The summed E-state index contributed by atoms with van der Waals surface area (Å²) in [7, 11) is 5.07. The number of aryl methyl sites for hydroxylation is 1. The van der Waals surface area contributed by atoms with E-state index in [0.29, 0.717) is 41.2 Å². The molecule has 12 heteroatoms. The number of ketones is 2. The lowest BCUT2D eigenvalue weighted by molar-refractivity contribution is -0.137. The fraction of sp³-hybridized carbons (Fsp3) is 0.400. The van der Waals surface area contributed by atoms with Crippen molar-refractivity contribution in [3.63, 3.8) is 0 Å². The highest BCUT2D eigenvalue weighted by atomic mass is 16.5. The fourth-order valence-electron chi connectivity index (χ4n) is 8.93. The molecule has 8 rings (SSSR count). The number of pyridine rings is 2. The maximum atomic E-state index is 13.2. The first-order chi connectivity index (χ1) is 25.1. The fourth-order valence-corrected chi connectivity index (χ4v) is 8.93. The number of hydrogen-bond donors (Lipinski definition) is 1. The zero-order valence-corrected chi connectivity index (χ0v) is 29.4. The zero-order chi connectivity index (χ0) is 36.3. The number of hydrogen-bond acceptors (Lipinski definition) is 10. The van der Waals surface area contributed by atoms with E-state index in [1.807, 2.05) is 24.4 Å². The van der Waals surface area contributed by atoms with Crippen LogP contribution in [-0.4, -0.2) is 71.7 Å². The van der Waals surface area contributed by atoms with Crippen LogP contribution in [0.25, 0.3) is 21.9 Å². The van der Waals surface area contributed by atoms with Crippen LogP contribution < -0.4 is 25.1 Å². The number of aromatic nitrogens is 2. The van der Waals surface area contributed by atoms with Crippen LogP contribution in [0, 0.1) is 23.2 Å². The molecule has 4 aliphatic rings. The van der Waals surface area contributed by atoms with Crippen molar-refractivity contribution < 1.29 is 33.4 Å². The minimum absolute atomic E-state index is 0.0986. The van der Waals surface area contributed by atoms with Gasteiger partial charge in [0.25, 0.3) is 5.56 Å². The van der Waals surface area contributed by atoms with Crippen LogP contribution in [0.2, 0.25) is 0 Å². The van der Waals surface area contributed by atoms with Crippen molar-refractivity contribution in [2.75, 3.05) is 33.9 Å². The molecular formula is C40H40N4O8. The Kier molecular flexibility index (Phi) is 8.44. The Labute approximate surface area is 300 Å². The Morgan fingerprint density at radius 2 is 1.63 bits per heavy atom. The number of nitrogens with zero attached hydrogens (tertiary/aromatic N) is 3. The van der Waals surface area contributed by atoms with Gasteiger partial charge < -0.3 is 18.8 Å². The van der Waals surface area contributed by atoms with Gasteiger partial charge in [-0.3, -0.25) is 39.2 Å². The molecule has 2 aliphatic heterocycles. The molecule has 2 unspecified atom stereocenters. The first-order valence-electron chi connectivity index (χ1n) is 17.7. The van der Waals surface area contributed by atoms with Crippen molar-refractivity contribution in [1.29, 1.82) is 0 Å². The van der Waals surface area contributed by atoms with Gasteiger partial charge in [-0.25, -0.2) is 0 Å². The van der Waals surface area contributed by atoms with Gasteiger partial charge in [0.15, 0.2) is 11.6 Å². The van der Waals surface area contributed by atoms with E-state index >= 15 is 0 Å². The van der Waals surface area contributed by atoms with Gasteiger partial charge in [0.1, 0.15) is 17.2 Å². The maximum Gasteiger partial charge on any atom is 0.259 e. The van der Waals surface area contributed by atoms with Crippen molar-refractivity contribution in [3.05, 3.63) is 82.0 Å². The number of benzene rings is 2. The summed E-state index contributed by atoms with van der Waals surface area (Å²) < 4.78 is 19.4. The molecule has 52 heavy (non-hydrogen) atoms. The zero-order valence-electron chi connectivity index (χ0n) is 29.4. The second-order valence-corrected chi connectivity index (χ2v) is 14.8. The molecule has 268 valence electrons. The van der Waals surface area contributed by atoms with Gasteiger partial charge in [-0.05, 0) is 84.4 Å². The van der Waals surface area contributed by atoms with Gasteiger partial charge in [-0.1, -0.05) is 0 Å². The highest BCUT2D eigenvalue weighted by Gasteiger charge is 2.52. The highest BCUT2D eigenvalue weighted by molar-refractivity contribution is 6.28. The maximum absolute atomic E-state index is 13.2. The van der Waals surface area contributed by atoms with Gasteiger partial charge in [0, 0.05) is 68.4 Å². The van der Waals surface area contributed by atoms with Crippen molar-refractivity contribution in [2.24, 2.45) is 30.2 Å². The number of carbonyl (C=O) groups is 4. The Bertz CT molecular complexity index is 2190. The normalized spacial score (nSPS) is 21.1. The molecule has 12 nitrogen and oxygen atoms in total. The summed E-state index contributed by atoms with van der Waals surface area (Å²) in [6.07, 6.45) is 8.58. The van der Waals surface area contributed by atoms with Gasteiger partial charge in [0.05, 0.1) is 43.6 Å². The molecule has 0 bridgehead atoms. The summed E-state index contributed by atoms with van der Waals surface area (Å²) in [5, 5.41) is 3.63. The van der Waals surface area contributed by atoms with Gasteiger partial charge >= 0.3 is 0 Å². The predicted molar refractivity (Wildman–Crippen MR) is 191 cm³/mol. The van der Waals surface area contributed by atoms with Crippen LogP contribution in [0.15, 0.2) is 59.8 Å². The lowest BCUT2D eigenvalue weighted by Crippen LogP contribution is -2.61. The van der Waals surface area contributed by atoms with Crippen molar-refractivity contribution >= 4 is 34.2 Å². The summed E-state index contributed by atoms with van der Waals surface area (Å²) in [5.41, 5.74) is 3.58. The number of imide groups is 1. The number of likely N-dealkylation sites (tertiary alicyclic amines) is 1. The van der Waals surface area contributed by atoms with E-state index in [9.17, 15) is 24.0 Å². The number of amides is 2. The smallest absolute Gasteiger partial charge is 0.259 e. The molecule has 4 heterocycles. The van der Waals surface area contributed by atoms with Crippen LogP contribution in [0.3, 0.4) is 0 Å². The number of fused-ring (bicyclic) bond motifs is 2. The summed E-state index contributed by atoms with van der Waals surface area (Å²) in [6, 6.07) is 10.8. The van der Waals surface area contributed by atoms with Gasteiger partial charge in [-0.2, -0.15) is 0 Å². The molecule has 2 amide bonds. The lowest BCUT2D eigenvalue weighted by atomic mass is 9.57. The molecule has 2 saturated heterocycles. The molecule has 2 aromatic carbocycles. The number of carbonyl (C=O) groups excluding carboxylic acids is 4. The summed E-state index contributed by atoms with van der Waals surface area (Å²) in [5.74, 6) is -1.04. The van der Waals surface area contributed by atoms with E-state index < -0.39 is 17.7 Å². The molecule has 3 fully saturated rings. The SMILES string of the molecule is COc1cc(-c2cn(C)c(=O)c3cnccc23)cc(OC)c1CN1CC2(CC(CCOc3ccc4c(c3)C(=O)C(C3CCC(=O)NC3=O)C4=O)C2)C1. The van der Waals surface area contributed by atoms with E-state index in [1.54, 1.807) is 56.4 Å². The third-order valence-electron chi connectivity index (χ3n) is 11.4. The largest absolute Gasteiger partial charge is 0.496 e. The first-order valence-corrected chi connectivity index (χ1v) is 17.7. The number of rotatable bonds is 10. The number of ether oxygens (including phenoxy) is 3. The number of nitrogens with one attached hydrogen (secondary N) is 1. The number of piperidine rings is 1. The molecule has 0 radical (unpaired) electrons. The van der Waals surface area contributed by atoms with E-state index in [1.165, 1.54) is 0 Å². The number of methoxy groups -OCH3 is 2. The minimum atomic E-state index is -1.08. The molecule has 1 N–H and O–H groups in total. The van der Waals surface area contributed by atoms with Crippen LogP contribution in [-0.2, 0) is 23.2 Å². The highest BCUT2D eigenvalue weighted by Crippen LogP contribution is 2.54. The van der Waals surface area contributed by atoms with E-state index in [-0.39, 0.29) is 41.4 Å². The molecule has 1 saturated carbocycles. The average molecular weight is 705 g/mol. The third kappa shape index (κ3) is 5.75. The first kappa shape index (κ1) is 33.8. The Morgan fingerprint density at radius 1 is 0.904 bits per heavy atom.